The number of amides is 3. The van der Waals surface area contributed by atoms with Crippen molar-refractivity contribution in [2.24, 2.45) is 0 Å². The Bertz CT molecular complexity index is 903. The van der Waals surface area contributed by atoms with Crippen LogP contribution < -0.4 is 20.1 Å². The predicted molar refractivity (Wildman–Crippen MR) is 107 cm³/mol. The molecular weight excluding hydrogens is 395 g/mol. The van der Waals surface area contributed by atoms with E-state index in [-0.39, 0.29) is 6.42 Å². The first-order valence-electron chi connectivity index (χ1n) is 9.31. The van der Waals surface area contributed by atoms with Gasteiger partial charge in [0.05, 0.1) is 19.6 Å². The zero-order valence-corrected chi connectivity index (χ0v) is 16.7. The van der Waals surface area contributed by atoms with Gasteiger partial charge in [-0.05, 0) is 43.7 Å². The number of imide groups is 1. The van der Waals surface area contributed by atoms with E-state index in [4.69, 9.17) is 14.2 Å². The van der Waals surface area contributed by atoms with Gasteiger partial charge in [-0.1, -0.05) is 12.1 Å². The summed E-state index contributed by atoms with van der Waals surface area (Å²) in [6.45, 7) is 3.88. The molecule has 8 nitrogen and oxygen atoms in total. The van der Waals surface area contributed by atoms with Crippen LogP contribution in [0.2, 0.25) is 0 Å². The summed E-state index contributed by atoms with van der Waals surface area (Å²) in [6, 6.07) is 9.48. The Morgan fingerprint density at radius 1 is 0.967 bits per heavy atom. The molecule has 2 aromatic carbocycles. The highest BCUT2D eigenvalue weighted by Crippen LogP contribution is 2.30. The molecule has 0 unspecified atom stereocenters. The lowest BCUT2D eigenvalue weighted by Crippen LogP contribution is -2.37. The van der Waals surface area contributed by atoms with Crippen molar-refractivity contribution in [3.05, 3.63) is 53.8 Å². The molecule has 160 valence electrons. The molecule has 9 heteroatoms. The molecular formula is C21H23FN2O6. The van der Waals surface area contributed by atoms with Crippen LogP contribution in [0.5, 0.6) is 11.5 Å². The maximum absolute atomic E-state index is 13.1. The molecule has 0 spiro atoms. The summed E-state index contributed by atoms with van der Waals surface area (Å²) >= 11 is 0. The second-order valence-electron chi connectivity index (χ2n) is 6.00. The zero-order chi connectivity index (χ0) is 21.9. The quantitative estimate of drug-likeness (QED) is 0.607. The Morgan fingerprint density at radius 3 is 2.40 bits per heavy atom. The van der Waals surface area contributed by atoms with Gasteiger partial charge in [-0.2, -0.15) is 0 Å². The van der Waals surface area contributed by atoms with E-state index in [1.807, 2.05) is 19.2 Å². The van der Waals surface area contributed by atoms with Gasteiger partial charge in [-0.25, -0.2) is 9.18 Å². The number of urea groups is 1. The highest BCUT2D eigenvalue weighted by molar-refractivity contribution is 6.02. The van der Waals surface area contributed by atoms with Gasteiger partial charge in [-0.15, -0.1) is 0 Å². The van der Waals surface area contributed by atoms with Gasteiger partial charge < -0.3 is 19.5 Å². The number of nitrogens with one attached hydrogen (secondary N) is 2. The highest BCUT2D eigenvalue weighted by Gasteiger charge is 2.13. The van der Waals surface area contributed by atoms with Gasteiger partial charge in [0.25, 0.3) is 5.91 Å². The monoisotopic (exact) mass is 418 g/mol. The van der Waals surface area contributed by atoms with E-state index in [1.54, 1.807) is 24.3 Å². The second kappa shape index (κ2) is 11.4. The number of carbonyl (C=O) groups is 3. The van der Waals surface area contributed by atoms with E-state index in [2.05, 4.69) is 5.32 Å². The molecule has 0 atom stereocenters. The molecule has 0 heterocycles. The van der Waals surface area contributed by atoms with Crippen LogP contribution in [0.25, 0.3) is 0 Å². The number of benzene rings is 2. The first-order chi connectivity index (χ1) is 14.4. The first kappa shape index (κ1) is 22.7. The molecule has 0 aliphatic rings. The third kappa shape index (κ3) is 7.42. The largest absolute Gasteiger partial charge is 0.490 e. The van der Waals surface area contributed by atoms with Crippen LogP contribution in [0, 0.1) is 5.82 Å². The molecule has 3 amide bonds. The SMILES string of the molecule is CCOc1ccc(NC(=O)NC(=O)COC(=O)Cc2cccc(F)c2)cc1OCC. The normalized spacial score (nSPS) is 10.1. The molecule has 0 aliphatic carbocycles. The van der Waals surface area contributed by atoms with Crippen molar-refractivity contribution in [2.45, 2.75) is 20.3 Å². The number of carbonyl (C=O) groups excluding carboxylic acids is 3. The van der Waals surface area contributed by atoms with Gasteiger partial charge in [0.15, 0.2) is 18.1 Å². The Labute approximate surface area is 173 Å². The third-order valence-corrected chi connectivity index (χ3v) is 3.66. The van der Waals surface area contributed by atoms with Gasteiger partial charge >= 0.3 is 12.0 Å². The fraction of sp³-hybridized carbons (Fsp3) is 0.286. The number of halogens is 1. The van der Waals surface area contributed by atoms with Gasteiger partial charge in [0, 0.05) is 11.8 Å². The Balaban J connectivity index is 1.82. The van der Waals surface area contributed by atoms with E-state index in [0.29, 0.717) is 36.0 Å². The molecule has 2 N–H and O–H groups in total. The predicted octanol–water partition coefficient (Wildman–Crippen LogP) is 3.06. The van der Waals surface area contributed by atoms with Gasteiger partial charge in [0.1, 0.15) is 5.82 Å². The fourth-order valence-corrected chi connectivity index (χ4v) is 2.46. The summed E-state index contributed by atoms with van der Waals surface area (Å²) in [7, 11) is 0. The first-order valence-corrected chi connectivity index (χ1v) is 9.31. The Morgan fingerprint density at radius 2 is 1.70 bits per heavy atom. The third-order valence-electron chi connectivity index (χ3n) is 3.66. The number of hydrogen-bond acceptors (Lipinski definition) is 6. The van der Waals surface area contributed by atoms with Crippen LogP contribution in [0.1, 0.15) is 19.4 Å². The lowest BCUT2D eigenvalue weighted by molar-refractivity contribution is -0.147. The van der Waals surface area contributed by atoms with Gasteiger partial charge in [0.2, 0.25) is 0 Å². The average molecular weight is 418 g/mol. The summed E-state index contributed by atoms with van der Waals surface area (Å²) in [5.74, 6) is -1.02. The van der Waals surface area contributed by atoms with Crippen molar-refractivity contribution < 1.29 is 33.0 Å². The molecule has 0 radical (unpaired) electrons. The number of rotatable bonds is 9. The lowest BCUT2D eigenvalue weighted by atomic mass is 10.1. The minimum Gasteiger partial charge on any atom is -0.490 e. The number of hydrogen-bond donors (Lipinski definition) is 2. The number of ether oxygens (including phenoxy) is 3. The van der Waals surface area contributed by atoms with Crippen molar-refractivity contribution >= 4 is 23.6 Å². The maximum Gasteiger partial charge on any atom is 0.325 e. The fourth-order valence-electron chi connectivity index (χ4n) is 2.46. The van der Waals surface area contributed by atoms with E-state index in [0.717, 1.165) is 0 Å². The minimum atomic E-state index is -0.809. The number of anilines is 1. The minimum absolute atomic E-state index is 0.191. The van der Waals surface area contributed by atoms with Crippen molar-refractivity contribution in [2.75, 3.05) is 25.1 Å². The Hall–Kier alpha value is -3.62. The van der Waals surface area contributed by atoms with Crippen LogP contribution in [-0.2, 0) is 20.7 Å². The average Bonchev–Trinajstić information content (AvgIpc) is 2.69. The summed E-state index contributed by atoms with van der Waals surface area (Å²) < 4.78 is 28.8. The molecule has 0 bridgehead atoms. The van der Waals surface area contributed by atoms with E-state index >= 15 is 0 Å². The van der Waals surface area contributed by atoms with Crippen LogP contribution in [-0.4, -0.2) is 37.7 Å². The molecule has 0 saturated carbocycles. The summed E-state index contributed by atoms with van der Waals surface area (Å²) in [4.78, 5) is 35.5. The van der Waals surface area contributed by atoms with Crippen LogP contribution in [0.3, 0.4) is 0 Å². The maximum atomic E-state index is 13.1. The molecule has 0 aromatic heterocycles. The van der Waals surface area contributed by atoms with Crippen molar-refractivity contribution in [3.8, 4) is 11.5 Å². The van der Waals surface area contributed by atoms with Crippen LogP contribution in [0.15, 0.2) is 42.5 Å². The van der Waals surface area contributed by atoms with Gasteiger partial charge in [-0.3, -0.25) is 14.9 Å². The van der Waals surface area contributed by atoms with Crippen molar-refractivity contribution in [1.82, 2.24) is 5.32 Å². The number of esters is 1. The van der Waals surface area contributed by atoms with Crippen molar-refractivity contribution in [1.29, 1.82) is 0 Å². The van der Waals surface area contributed by atoms with E-state index in [9.17, 15) is 18.8 Å². The molecule has 0 saturated heterocycles. The Kier molecular flexibility index (Phi) is 8.61. The highest BCUT2D eigenvalue weighted by atomic mass is 19.1. The second-order valence-corrected chi connectivity index (χ2v) is 6.00. The summed E-state index contributed by atoms with van der Waals surface area (Å²) in [5, 5.41) is 4.54. The molecule has 0 aliphatic heterocycles. The van der Waals surface area contributed by atoms with Crippen LogP contribution >= 0.6 is 0 Å². The molecule has 0 fully saturated rings. The molecule has 2 rings (SSSR count). The molecule has 2 aromatic rings. The topological polar surface area (TPSA) is 103 Å². The van der Waals surface area contributed by atoms with Crippen molar-refractivity contribution in [3.63, 3.8) is 0 Å². The lowest BCUT2D eigenvalue weighted by Gasteiger charge is -2.13. The molecule has 30 heavy (non-hydrogen) atoms. The van der Waals surface area contributed by atoms with E-state index in [1.165, 1.54) is 18.2 Å². The summed E-state index contributed by atoms with van der Waals surface area (Å²) in [6.07, 6.45) is -0.191. The van der Waals surface area contributed by atoms with E-state index < -0.39 is 30.3 Å². The summed E-state index contributed by atoms with van der Waals surface area (Å²) in [5.41, 5.74) is 0.800. The van der Waals surface area contributed by atoms with Crippen LogP contribution in [0.4, 0.5) is 14.9 Å². The smallest absolute Gasteiger partial charge is 0.325 e. The zero-order valence-electron chi connectivity index (χ0n) is 16.7. The standard InChI is InChI=1S/C21H23FN2O6/c1-3-28-17-9-8-16(12-18(17)29-4-2)23-21(27)24-19(25)13-30-20(26)11-14-6-5-7-15(22)10-14/h5-10,12H,3-4,11,13H2,1-2H3,(H2,23,24,25,27).